The maximum Gasteiger partial charge on any atom is 0.277 e. The smallest absolute Gasteiger partial charge is 0.277 e. The highest BCUT2D eigenvalue weighted by molar-refractivity contribution is 8.00. The van der Waals surface area contributed by atoms with Crippen molar-refractivity contribution in [1.29, 1.82) is 0 Å². The van der Waals surface area contributed by atoms with Gasteiger partial charge in [0.05, 0.1) is 5.25 Å². The molecule has 26 heavy (non-hydrogen) atoms. The third-order valence-corrected chi connectivity index (χ3v) is 5.42. The second-order valence-electron chi connectivity index (χ2n) is 6.65. The van der Waals surface area contributed by atoms with Gasteiger partial charge in [0.1, 0.15) is 0 Å². The fourth-order valence-corrected chi connectivity index (χ4v) is 3.60. The molecular weight excluding hydrogens is 346 g/mol. The number of hydrogen-bond acceptors (Lipinski definition) is 5. The number of carbonyl (C=O) groups excluding carboxylic acids is 1. The summed E-state index contributed by atoms with van der Waals surface area (Å²) < 4.78 is 5.68. The lowest BCUT2D eigenvalue weighted by molar-refractivity contribution is -0.120. The van der Waals surface area contributed by atoms with E-state index < -0.39 is 0 Å². The van der Waals surface area contributed by atoms with Gasteiger partial charge in [0.2, 0.25) is 11.8 Å². The molecule has 6 heteroatoms. The monoisotopic (exact) mass is 371 g/mol. The Bertz CT molecular complexity index is 768. The molecule has 1 amide bonds. The van der Waals surface area contributed by atoms with Crippen LogP contribution in [0.1, 0.15) is 44.6 Å². The number of allylic oxidation sites excluding steroid dienone is 1. The van der Waals surface area contributed by atoms with E-state index in [2.05, 4.69) is 21.6 Å². The third kappa shape index (κ3) is 5.21. The molecule has 0 saturated carbocycles. The number of aromatic nitrogens is 2. The lowest BCUT2D eigenvalue weighted by Gasteiger charge is -2.14. The molecule has 1 atom stereocenters. The summed E-state index contributed by atoms with van der Waals surface area (Å²) in [5.41, 5.74) is 3.53. The van der Waals surface area contributed by atoms with Crippen molar-refractivity contribution >= 4 is 17.7 Å². The van der Waals surface area contributed by atoms with Gasteiger partial charge in [0.15, 0.2) is 0 Å². The third-order valence-electron chi connectivity index (χ3n) is 4.48. The molecular formula is C20H25N3O2S. The molecule has 1 aromatic carbocycles. The molecule has 0 radical (unpaired) electrons. The van der Waals surface area contributed by atoms with Gasteiger partial charge in [-0.15, -0.1) is 10.2 Å². The number of nitrogens with zero attached hydrogens (tertiary/aromatic N) is 2. The van der Waals surface area contributed by atoms with Crippen LogP contribution in [0.4, 0.5) is 0 Å². The Morgan fingerprint density at radius 1 is 1.27 bits per heavy atom. The molecule has 0 saturated heterocycles. The van der Waals surface area contributed by atoms with Crippen LogP contribution in [0.15, 0.2) is 45.6 Å². The largest absolute Gasteiger partial charge is 0.411 e. The second-order valence-corrected chi connectivity index (χ2v) is 7.94. The molecule has 1 aromatic heterocycles. The fraction of sp³-hybridized carbons (Fsp3) is 0.450. The maximum absolute atomic E-state index is 12.3. The van der Waals surface area contributed by atoms with Crippen molar-refractivity contribution in [2.45, 2.75) is 56.4 Å². The summed E-state index contributed by atoms with van der Waals surface area (Å²) in [6, 6.07) is 7.91. The number of thioether (sulfide) groups is 1. The summed E-state index contributed by atoms with van der Waals surface area (Å²) in [6.45, 7) is 4.58. The van der Waals surface area contributed by atoms with Gasteiger partial charge >= 0.3 is 0 Å². The van der Waals surface area contributed by atoms with Crippen LogP contribution in [-0.2, 0) is 4.79 Å². The van der Waals surface area contributed by atoms with Crippen LogP contribution < -0.4 is 5.32 Å². The van der Waals surface area contributed by atoms with Gasteiger partial charge in [-0.25, -0.2) is 0 Å². The van der Waals surface area contributed by atoms with Crippen molar-refractivity contribution in [3.05, 3.63) is 41.5 Å². The minimum absolute atomic E-state index is 0.00138. The molecule has 0 spiro atoms. The molecule has 1 aliphatic carbocycles. The average molecular weight is 372 g/mol. The molecule has 0 unspecified atom stereocenters. The number of hydrogen-bond donors (Lipinski definition) is 1. The molecule has 1 heterocycles. The number of amides is 1. The van der Waals surface area contributed by atoms with E-state index in [-0.39, 0.29) is 11.2 Å². The summed E-state index contributed by atoms with van der Waals surface area (Å²) in [5, 5.41) is 11.3. The van der Waals surface area contributed by atoms with E-state index in [4.69, 9.17) is 4.42 Å². The van der Waals surface area contributed by atoms with Crippen molar-refractivity contribution in [2.75, 3.05) is 6.54 Å². The summed E-state index contributed by atoms with van der Waals surface area (Å²) in [6.07, 6.45) is 8.17. The second kappa shape index (κ2) is 9.03. The molecule has 0 bridgehead atoms. The first-order valence-corrected chi connectivity index (χ1v) is 10.0. The Morgan fingerprint density at radius 2 is 2.08 bits per heavy atom. The maximum atomic E-state index is 12.3. The summed E-state index contributed by atoms with van der Waals surface area (Å²) >= 11 is 1.29. The van der Waals surface area contributed by atoms with Crippen molar-refractivity contribution in [2.24, 2.45) is 0 Å². The first-order chi connectivity index (χ1) is 12.6. The van der Waals surface area contributed by atoms with Gasteiger partial charge in [-0.1, -0.05) is 41.1 Å². The quantitative estimate of drug-likeness (QED) is 0.572. The number of carbonyl (C=O) groups is 1. The molecule has 5 nitrogen and oxygen atoms in total. The number of rotatable bonds is 7. The van der Waals surface area contributed by atoms with Gasteiger partial charge in [0, 0.05) is 12.1 Å². The Morgan fingerprint density at radius 3 is 2.81 bits per heavy atom. The minimum Gasteiger partial charge on any atom is -0.411 e. The SMILES string of the molecule is Cc1ccc(-c2nnc(S[C@@H](C)C(=O)NCCC3=CCCCC3)o2)cc1. The molecule has 3 rings (SSSR count). The van der Waals surface area contributed by atoms with E-state index in [0.29, 0.717) is 17.7 Å². The van der Waals surface area contributed by atoms with Gasteiger partial charge in [-0.2, -0.15) is 0 Å². The fourth-order valence-electron chi connectivity index (χ4n) is 2.90. The highest BCUT2D eigenvalue weighted by Crippen LogP contribution is 2.26. The van der Waals surface area contributed by atoms with Crippen LogP contribution in [0.25, 0.3) is 11.5 Å². The molecule has 2 aromatic rings. The standard InChI is InChI=1S/C20H25N3O2S/c1-14-8-10-17(11-9-14)19-22-23-20(25-19)26-15(2)18(24)21-13-12-16-6-4-3-5-7-16/h6,8-11,15H,3-5,7,12-13H2,1-2H3,(H,21,24)/t15-/m0/s1. The Labute approximate surface area is 158 Å². The zero-order valence-corrected chi connectivity index (χ0v) is 16.1. The van der Waals surface area contributed by atoms with Crippen molar-refractivity contribution < 1.29 is 9.21 Å². The molecule has 1 aliphatic rings. The number of aryl methyl sites for hydroxylation is 1. The molecule has 0 aliphatic heterocycles. The van der Waals surface area contributed by atoms with Gasteiger partial charge in [-0.05, 0) is 58.1 Å². The van der Waals surface area contributed by atoms with E-state index in [1.54, 1.807) is 0 Å². The van der Waals surface area contributed by atoms with Crippen LogP contribution in [-0.4, -0.2) is 27.9 Å². The normalized spacial score (nSPS) is 15.4. The van der Waals surface area contributed by atoms with Crippen LogP contribution in [0.5, 0.6) is 0 Å². The van der Waals surface area contributed by atoms with Crippen LogP contribution >= 0.6 is 11.8 Å². The van der Waals surface area contributed by atoms with Gasteiger partial charge in [0.25, 0.3) is 5.22 Å². The predicted molar refractivity (Wildman–Crippen MR) is 104 cm³/mol. The van der Waals surface area contributed by atoms with Crippen molar-refractivity contribution in [3.63, 3.8) is 0 Å². The van der Waals surface area contributed by atoms with E-state index in [1.165, 1.54) is 48.6 Å². The lowest BCUT2D eigenvalue weighted by atomic mass is 9.97. The predicted octanol–water partition coefficient (Wildman–Crippen LogP) is 4.53. The van der Waals surface area contributed by atoms with E-state index in [0.717, 1.165) is 12.0 Å². The van der Waals surface area contributed by atoms with Crippen LogP contribution in [0, 0.1) is 6.92 Å². The van der Waals surface area contributed by atoms with Gasteiger partial charge in [-0.3, -0.25) is 4.79 Å². The number of nitrogens with one attached hydrogen (secondary N) is 1. The van der Waals surface area contributed by atoms with Gasteiger partial charge < -0.3 is 9.73 Å². The zero-order chi connectivity index (χ0) is 18.4. The lowest BCUT2D eigenvalue weighted by Crippen LogP contribution is -2.31. The molecule has 1 N–H and O–H groups in total. The number of benzene rings is 1. The molecule has 0 fully saturated rings. The van der Waals surface area contributed by atoms with E-state index >= 15 is 0 Å². The zero-order valence-electron chi connectivity index (χ0n) is 15.3. The van der Waals surface area contributed by atoms with Crippen LogP contribution in [0.2, 0.25) is 0 Å². The summed E-state index contributed by atoms with van der Waals surface area (Å²) in [7, 11) is 0. The first-order valence-electron chi connectivity index (χ1n) is 9.14. The van der Waals surface area contributed by atoms with Crippen LogP contribution in [0.3, 0.4) is 0 Å². The highest BCUT2D eigenvalue weighted by Gasteiger charge is 2.18. The van der Waals surface area contributed by atoms with E-state index in [1.807, 2.05) is 38.1 Å². The summed E-state index contributed by atoms with van der Waals surface area (Å²) in [5.74, 6) is 0.478. The topological polar surface area (TPSA) is 68.0 Å². The minimum atomic E-state index is -0.276. The Hall–Kier alpha value is -2.08. The van der Waals surface area contributed by atoms with Crippen molar-refractivity contribution in [3.8, 4) is 11.5 Å². The Kier molecular flexibility index (Phi) is 6.50. The first kappa shape index (κ1) is 18.7. The van der Waals surface area contributed by atoms with E-state index in [9.17, 15) is 4.79 Å². The molecule has 138 valence electrons. The average Bonchev–Trinajstić information content (AvgIpc) is 3.11. The summed E-state index contributed by atoms with van der Waals surface area (Å²) in [4.78, 5) is 12.3. The van der Waals surface area contributed by atoms with Crippen molar-refractivity contribution in [1.82, 2.24) is 15.5 Å². The highest BCUT2D eigenvalue weighted by atomic mass is 32.2. The Balaban J connectivity index is 1.48.